The highest BCUT2D eigenvalue weighted by molar-refractivity contribution is 5.26. The van der Waals surface area contributed by atoms with Crippen molar-refractivity contribution in [1.29, 1.82) is 0 Å². The van der Waals surface area contributed by atoms with Crippen molar-refractivity contribution in [2.45, 2.75) is 33.2 Å². The van der Waals surface area contributed by atoms with E-state index in [-0.39, 0.29) is 0 Å². The first-order valence-corrected chi connectivity index (χ1v) is 8.09. The summed E-state index contributed by atoms with van der Waals surface area (Å²) in [6.07, 6.45) is 0.981. The van der Waals surface area contributed by atoms with E-state index < -0.39 is 0 Å². The van der Waals surface area contributed by atoms with Crippen LogP contribution in [-0.4, -0.2) is 59.0 Å². The summed E-state index contributed by atoms with van der Waals surface area (Å²) in [6, 6.07) is 0.380. The topological polar surface area (TPSA) is 58.3 Å². The fraction of sp³-hybridized carbons (Fsp3) is 0.750. The van der Waals surface area contributed by atoms with Crippen LogP contribution in [0.2, 0.25) is 0 Å². The third-order valence-electron chi connectivity index (χ3n) is 4.97. The molecule has 3 fully saturated rings. The van der Waals surface area contributed by atoms with Crippen LogP contribution in [0, 0.1) is 19.8 Å². The van der Waals surface area contributed by atoms with E-state index in [0.29, 0.717) is 18.5 Å². The van der Waals surface area contributed by atoms with E-state index in [1.54, 1.807) is 0 Å². The van der Waals surface area contributed by atoms with E-state index in [4.69, 9.17) is 15.7 Å². The first kappa shape index (κ1) is 14.9. The van der Waals surface area contributed by atoms with E-state index in [9.17, 15) is 0 Å². The summed E-state index contributed by atoms with van der Waals surface area (Å²) >= 11 is 0. The third kappa shape index (κ3) is 2.96. The van der Waals surface area contributed by atoms with E-state index in [2.05, 4.69) is 30.6 Å². The van der Waals surface area contributed by atoms with Gasteiger partial charge in [0.05, 0.1) is 6.04 Å². The molecule has 3 saturated heterocycles. The van der Waals surface area contributed by atoms with Crippen molar-refractivity contribution in [2.75, 3.05) is 39.3 Å². The molecule has 3 aliphatic rings. The van der Waals surface area contributed by atoms with Gasteiger partial charge in [0.15, 0.2) is 0 Å². The molecular formula is C16H27N5. The number of aromatic nitrogens is 2. The Balaban J connectivity index is 1.84. The van der Waals surface area contributed by atoms with Gasteiger partial charge in [0, 0.05) is 44.1 Å². The van der Waals surface area contributed by atoms with Crippen LogP contribution in [-0.2, 0) is 6.42 Å². The minimum Gasteiger partial charge on any atom is -0.330 e. The van der Waals surface area contributed by atoms with Gasteiger partial charge in [-0.05, 0) is 38.3 Å². The molecule has 2 N–H and O–H groups in total. The summed E-state index contributed by atoms with van der Waals surface area (Å²) in [5, 5.41) is 0. The van der Waals surface area contributed by atoms with Crippen LogP contribution in [0.15, 0.2) is 0 Å². The van der Waals surface area contributed by atoms with Gasteiger partial charge in [-0.25, -0.2) is 9.97 Å². The molecule has 3 aliphatic heterocycles. The molecule has 1 aromatic heterocycles. The van der Waals surface area contributed by atoms with Crippen LogP contribution in [0.4, 0.5) is 0 Å². The Labute approximate surface area is 127 Å². The predicted octanol–water partition coefficient (Wildman–Crippen LogP) is 0.903. The van der Waals surface area contributed by atoms with Gasteiger partial charge in [-0.15, -0.1) is 0 Å². The Morgan fingerprint density at radius 3 is 2.24 bits per heavy atom. The molecule has 4 heterocycles. The van der Waals surface area contributed by atoms with Gasteiger partial charge in [0.2, 0.25) is 0 Å². The SMILES string of the molecule is Cc1nc(C2CN3CCN2CC3)nc(C)c1CC(C)CN. The average molecular weight is 289 g/mol. The Morgan fingerprint density at radius 1 is 1.14 bits per heavy atom. The van der Waals surface area contributed by atoms with Crippen molar-refractivity contribution >= 4 is 0 Å². The van der Waals surface area contributed by atoms with Gasteiger partial charge in [-0.2, -0.15) is 0 Å². The van der Waals surface area contributed by atoms with Crippen molar-refractivity contribution < 1.29 is 0 Å². The number of hydrogen-bond donors (Lipinski definition) is 1. The molecule has 2 atom stereocenters. The standard InChI is InChI=1S/C16H27N5/c1-11(9-17)8-14-12(2)18-16(19-13(14)3)15-10-20-4-6-21(15)7-5-20/h11,15H,4-10,17H2,1-3H3. The second-order valence-corrected chi connectivity index (χ2v) is 6.63. The van der Waals surface area contributed by atoms with Crippen molar-refractivity contribution in [3.63, 3.8) is 0 Å². The fourth-order valence-corrected chi connectivity index (χ4v) is 3.50. The van der Waals surface area contributed by atoms with Gasteiger partial charge >= 0.3 is 0 Å². The summed E-state index contributed by atoms with van der Waals surface area (Å²) in [7, 11) is 0. The molecular weight excluding hydrogens is 262 g/mol. The maximum atomic E-state index is 5.75. The molecule has 0 amide bonds. The van der Waals surface area contributed by atoms with Gasteiger partial charge in [0.1, 0.15) is 5.82 Å². The van der Waals surface area contributed by atoms with E-state index in [1.807, 2.05) is 0 Å². The highest BCUT2D eigenvalue weighted by Crippen LogP contribution is 2.28. The molecule has 4 rings (SSSR count). The molecule has 0 radical (unpaired) electrons. The number of rotatable bonds is 4. The van der Waals surface area contributed by atoms with Crippen LogP contribution < -0.4 is 5.73 Å². The maximum absolute atomic E-state index is 5.75. The lowest BCUT2D eigenvalue weighted by Gasteiger charge is -2.46. The van der Waals surface area contributed by atoms with Crippen molar-refractivity contribution in [3.8, 4) is 0 Å². The quantitative estimate of drug-likeness (QED) is 0.892. The zero-order valence-electron chi connectivity index (χ0n) is 13.5. The predicted molar refractivity (Wildman–Crippen MR) is 84.2 cm³/mol. The lowest BCUT2D eigenvalue weighted by atomic mass is 9.98. The van der Waals surface area contributed by atoms with E-state index >= 15 is 0 Å². The second-order valence-electron chi connectivity index (χ2n) is 6.63. The number of nitrogens with zero attached hydrogens (tertiary/aromatic N) is 4. The minimum absolute atomic E-state index is 0.380. The normalized spacial score (nSPS) is 29.6. The van der Waals surface area contributed by atoms with Gasteiger partial charge < -0.3 is 5.73 Å². The lowest BCUT2D eigenvalue weighted by molar-refractivity contribution is 0.00849. The summed E-state index contributed by atoms with van der Waals surface area (Å²) in [5.74, 6) is 1.50. The number of hydrogen-bond acceptors (Lipinski definition) is 5. The lowest BCUT2D eigenvalue weighted by Crippen LogP contribution is -2.57. The largest absolute Gasteiger partial charge is 0.330 e. The summed E-state index contributed by atoms with van der Waals surface area (Å²) in [4.78, 5) is 14.8. The van der Waals surface area contributed by atoms with E-state index in [0.717, 1.165) is 43.3 Å². The number of aryl methyl sites for hydroxylation is 2. The fourth-order valence-electron chi connectivity index (χ4n) is 3.50. The van der Waals surface area contributed by atoms with Crippen LogP contribution in [0.3, 0.4) is 0 Å². The van der Waals surface area contributed by atoms with Crippen molar-refractivity contribution in [1.82, 2.24) is 19.8 Å². The number of fused-ring (bicyclic) bond motifs is 3. The minimum atomic E-state index is 0.380. The van der Waals surface area contributed by atoms with Crippen LogP contribution >= 0.6 is 0 Å². The average Bonchev–Trinajstić information content (AvgIpc) is 2.51. The van der Waals surface area contributed by atoms with Gasteiger partial charge in [-0.1, -0.05) is 6.92 Å². The van der Waals surface area contributed by atoms with Crippen molar-refractivity contribution in [3.05, 3.63) is 22.8 Å². The summed E-state index contributed by atoms with van der Waals surface area (Å²) in [6.45, 7) is 12.9. The molecule has 116 valence electrons. The summed E-state index contributed by atoms with van der Waals surface area (Å²) in [5.41, 5.74) is 9.31. The van der Waals surface area contributed by atoms with Crippen LogP contribution in [0.5, 0.6) is 0 Å². The van der Waals surface area contributed by atoms with Crippen LogP contribution in [0.25, 0.3) is 0 Å². The molecule has 1 aromatic rings. The number of piperazine rings is 3. The first-order valence-electron chi connectivity index (χ1n) is 8.09. The van der Waals surface area contributed by atoms with E-state index in [1.165, 1.54) is 18.7 Å². The Kier molecular flexibility index (Phi) is 4.24. The smallest absolute Gasteiger partial charge is 0.147 e. The summed E-state index contributed by atoms with van der Waals surface area (Å²) < 4.78 is 0. The second kappa shape index (κ2) is 5.99. The number of nitrogens with two attached hydrogens (primary N) is 1. The highest BCUT2D eigenvalue weighted by Gasteiger charge is 2.34. The first-order chi connectivity index (χ1) is 10.1. The van der Waals surface area contributed by atoms with Crippen molar-refractivity contribution in [2.24, 2.45) is 11.7 Å². The van der Waals surface area contributed by atoms with Gasteiger partial charge in [-0.3, -0.25) is 9.80 Å². The molecule has 0 aromatic carbocycles. The van der Waals surface area contributed by atoms with Crippen LogP contribution in [0.1, 0.15) is 35.7 Å². The third-order valence-corrected chi connectivity index (χ3v) is 4.97. The zero-order valence-corrected chi connectivity index (χ0v) is 13.5. The molecule has 0 aliphatic carbocycles. The Hall–Kier alpha value is -1.04. The molecule has 2 unspecified atom stereocenters. The highest BCUT2D eigenvalue weighted by atomic mass is 15.4. The molecule has 5 nitrogen and oxygen atoms in total. The maximum Gasteiger partial charge on any atom is 0.147 e. The van der Waals surface area contributed by atoms with Gasteiger partial charge in [0.25, 0.3) is 0 Å². The Bertz CT molecular complexity index is 484. The molecule has 2 bridgehead atoms. The molecule has 5 heteroatoms. The molecule has 0 spiro atoms. The zero-order chi connectivity index (χ0) is 15.0. The molecule has 21 heavy (non-hydrogen) atoms. The molecule has 0 saturated carbocycles. The Morgan fingerprint density at radius 2 is 1.76 bits per heavy atom. The monoisotopic (exact) mass is 289 g/mol.